The summed E-state index contributed by atoms with van der Waals surface area (Å²) in [6, 6.07) is 7.47. The molecule has 6 heteroatoms. The Morgan fingerprint density at radius 1 is 1.29 bits per heavy atom. The SMILES string of the molecule is COc1ccc(OCc2cn(CC3CCCO3)nn2)cc1. The molecule has 1 aliphatic heterocycles. The molecule has 1 saturated heterocycles. The average molecular weight is 289 g/mol. The Bertz CT molecular complexity index is 562. The second-order valence-electron chi connectivity index (χ2n) is 5.03. The van der Waals surface area contributed by atoms with Crippen molar-refractivity contribution in [1.82, 2.24) is 15.0 Å². The van der Waals surface area contributed by atoms with Crippen LogP contribution in [0.1, 0.15) is 18.5 Å². The Hall–Kier alpha value is -2.08. The molecule has 21 heavy (non-hydrogen) atoms. The Morgan fingerprint density at radius 2 is 2.10 bits per heavy atom. The van der Waals surface area contributed by atoms with E-state index in [1.807, 2.05) is 35.1 Å². The minimum Gasteiger partial charge on any atom is -0.497 e. The molecular formula is C15H19N3O3. The van der Waals surface area contributed by atoms with Crippen LogP contribution in [-0.2, 0) is 17.9 Å². The first-order chi connectivity index (χ1) is 10.3. The van der Waals surface area contributed by atoms with Crippen LogP contribution in [0.3, 0.4) is 0 Å². The molecule has 0 N–H and O–H groups in total. The van der Waals surface area contributed by atoms with Crippen molar-refractivity contribution in [3.8, 4) is 11.5 Å². The summed E-state index contributed by atoms with van der Waals surface area (Å²) in [5, 5.41) is 8.22. The van der Waals surface area contributed by atoms with Gasteiger partial charge in [-0.3, -0.25) is 0 Å². The normalized spacial score (nSPS) is 17.9. The van der Waals surface area contributed by atoms with E-state index in [0.717, 1.165) is 43.2 Å². The van der Waals surface area contributed by atoms with Crippen LogP contribution in [0.4, 0.5) is 0 Å². The lowest BCUT2D eigenvalue weighted by Gasteiger charge is -2.07. The van der Waals surface area contributed by atoms with Crippen molar-refractivity contribution in [2.75, 3.05) is 13.7 Å². The molecule has 1 aromatic heterocycles. The van der Waals surface area contributed by atoms with Crippen molar-refractivity contribution in [3.05, 3.63) is 36.2 Å². The van der Waals surface area contributed by atoms with Crippen LogP contribution < -0.4 is 9.47 Å². The van der Waals surface area contributed by atoms with Gasteiger partial charge in [0.1, 0.15) is 23.8 Å². The van der Waals surface area contributed by atoms with Crippen LogP contribution >= 0.6 is 0 Å². The minimum absolute atomic E-state index is 0.266. The lowest BCUT2D eigenvalue weighted by atomic mass is 10.2. The highest BCUT2D eigenvalue weighted by atomic mass is 16.5. The van der Waals surface area contributed by atoms with E-state index in [4.69, 9.17) is 14.2 Å². The highest BCUT2D eigenvalue weighted by Crippen LogP contribution is 2.18. The number of methoxy groups -OCH3 is 1. The van der Waals surface area contributed by atoms with E-state index in [0.29, 0.717) is 6.61 Å². The van der Waals surface area contributed by atoms with E-state index in [2.05, 4.69) is 10.3 Å². The smallest absolute Gasteiger partial charge is 0.134 e. The molecule has 1 atom stereocenters. The van der Waals surface area contributed by atoms with Crippen LogP contribution in [-0.4, -0.2) is 34.8 Å². The average Bonchev–Trinajstić information content (AvgIpc) is 3.18. The molecule has 1 fully saturated rings. The zero-order chi connectivity index (χ0) is 14.5. The van der Waals surface area contributed by atoms with Crippen LogP contribution in [0, 0.1) is 0 Å². The summed E-state index contributed by atoms with van der Waals surface area (Å²) in [6.45, 7) is 2.01. The third-order valence-electron chi connectivity index (χ3n) is 3.45. The molecule has 2 heterocycles. The van der Waals surface area contributed by atoms with Crippen molar-refractivity contribution in [1.29, 1.82) is 0 Å². The number of aromatic nitrogens is 3. The van der Waals surface area contributed by atoms with Crippen LogP contribution in [0.25, 0.3) is 0 Å². The fourth-order valence-electron chi connectivity index (χ4n) is 2.32. The molecule has 0 saturated carbocycles. The lowest BCUT2D eigenvalue weighted by Crippen LogP contribution is -2.15. The molecule has 112 valence electrons. The van der Waals surface area contributed by atoms with Crippen molar-refractivity contribution >= 4 is 0 Å². The summed E-state index contributed by atoms with van der Waals surface area (Å²) in [5.41, 5.74) is 0.809. The van der Waals surface area contributed by atoms with Gasteiger partial charge in [-0.2, -0.15) is 0 Å². The van der Waals surface area contributed by atoms with E-state index in [-0.39, 0.29) is 6.10 Å². The molecule has 0 aliphatic carbocycles. The maximum atomic E-state index is 5.67. The maximum absolute atomic E-state index is 5.67. The second-order valence-corrected chi connectivity index (χ2v) is 5.03. The largest absolute Gasteiger partial charge is 0.497 e. The molecule has 1 aliphatic rings. The topological polar surface area (TPSA) is 58.4 Å². The van der Waals surface area contributed by atoms with Crippen molar-refractivity contribution in [2.24, 2.45) is 0 Å². The first-order valence-corrected chi connectivity index (χ1v) is 7.11. The first kappa shape index (κ1) is 13.9. The van der Waals surface area contributed by atoms with Crippen molar-refractivity contribution < 1.29 is 14.2 Å². The van der Waals surface area contributed by atoms with Gasteiger partial charge in [-0.1, -0.05) is 5.21 Å². The van der Waals surface area contributed by atoms with Crippen LogP contribution in [0.2, 0.25) is 0 Å². The van der Waals surface area contributed by atoms with Gasteiger partial charge >= 0.3 is 0 Å². The molecule has 3 rings (SSSR count). The predicted molar refractivity (Wildman–Crippen MR) is 76.3 cm³/mol. The van der Waals surface area contributed by atoms with E-state index in [1.54, 1.807) is 7.11 Å². The molecule has 0 spiro atoms. The van der Waals surface area contributed by atoms with Crippen molar-refractivity contribution in [2.45, 2.75) is 32.1 Å². The van der Waals surface area contributed by atoms with Gasteiger partial charge in [0.2, 0.25) is 0 Å². The van der Waals surface area contributed by atoms with Gasteiger partial charge in [-0.25, -0.2) is 4.68 Å². The Morgan fingerprint density at radius 3 is 2.81 bits per heavy atom. The molecule has 0 amide bonds. The molecule has 0 bridgehead atoms. The molecule has 1 unspecified atom stereocenters. The number of hydrogen-bond acceptors (Lipinski definition) is 5. The van der Waals surface area contributed by atoms with Crippen LogP contribution in [0.5, 0.6) is 11.5 Å². The second kappa shape index (κ2) is 6.58. The standard InChI is InChI=1S/C15H19N3O3/c1-19-13-4-6-14(7-5-13)21-11-12-9-18(17-16-12)10-15-3-2-8-20-15/h4-7,9,15H,2-3,8,10-11H2,1H3. The molecular weight excluding hydrogens is 270 g/mol. The highest BCUT2D eigenvalue weighted by molar-refractivity contribution is 5.31. The third kappa shape index (κ3) is 3.72. The van der Waals surface area contributed by atoms with Gasteiger partial charge in [0.15, 0.2) is 0 Å². The zero-order valence-electron chi connectivity index (χ0n) is 12.1. The van der Waals surface area contributed by atoms with Crippen LogP contribution in [0.15, 0.2) is 30.5 Å². The Labute approximate surface area is 123 Å². The fraction of sp³-hybridized carbons (Fsp3) is 0.467. The quantitative estimate of drug-likeness (QED) is 0.814. The zero-order valence-corrected chi connectivity index (χ0v) is 12.1. The third-order valence-corrected chi connectivity index (χ3v) is 3.45. The summed E-state index contributed by atoms with van der Waals surface area (Å²) < 4.78 is 18.2. The number of rotatable bonds is 6. The summed E-state index contributed by atoms with van der Waals surface area (Å²) in [6.07, 6.45) is 4.40. The van der Waals surface area contributed by atoms with Gasteiger partial charge in [0.25, 0.3) is 0 Å². The number of ether oxygens (including phenoxy) is 3. The molecule has 1 aromatic carbocycles. The highest BCUT2D eigenvalue weighted by Gasteiger charge is 2.16. The summed E-state index contributed by atoms with van der Waals surface area (Å²) in [7, 11) is 1.64. The minimum atomic E-state index is 0.266. The molecule has 2 aromatic rings. The van der Waals surface area contributed by atoms with E-state index in [9.17, 15) is 0 Å². The Kier molecular flexibility index (Phi) is 4.35. The lowest BCUT2D eigenvalue weighted by molar-refractivity contribution is 0.0935. The van der Waals surface area contributed by atoms with E-state index < -0.39 is 0 Å². The first-order valence-electron chi connectivity index (χ1n) is 7.11. The maximum Gasteiger partial charge on any atom is 0.134 e. The van der Waals surface area contributed by atoms with Crippen molar-refractivity contribution in [3.63, 3.8) is 0 Å². The number of benzene rings is 1. The molecule has 0 radical (unpaired) electrons. The van der Waals surface area contributed by atoms with Gasteiger partial charge in [0, 0.05) is 6.61 Å². The Balaban J connectivity index is 1.51. The summed E-state index contributed by atoms with van der Waals surface area (Å²) in [5.74, 6) is 1.59. The molecule has 6 nitrogen and oxygen atoms in total. The van der Waals surface area contributed by atoms with Gasteiger partial charge in [-0.15, -0.1) is 5.10 Å². The monoisotopic (exact) mass is 289 g/mol. The number of hydrogen-bond donors (Lipinski definition) is 0. The summed E-state index contributed by atoms with van der Waals surface area (Å²) in [4.78, 5) is 0. The van der Waals surface area contributed by atoms with Gasteiger partial charge in [0.05, 0.1) is 26.0 Å². The van der Waals surface area contributed by atoms with E-state index in [1.165, 1.54) is 0 Å². The summed E-state index contributed by atoms with van der Waals surface area (Å²) >= 11 is 0. The fourth-order valence-corrected chi connectivity index (χ4v) is 2.32. The predicted octanol–water partition coefficient (Wildman–Crippen LogP) is 2.04. The van der Waals surface area contributed by atoms with Gasteiger partial charge < -0.3 is 14.2 Å². The van der Waals surface area contributed by atoms with E-state index >= 15 is 0 Å². The van der Waals surface area contributed by atoms with Gasteiger partial charge in [-0.05, 0) is 37.1 Å². The number of nitrogens with zero attached hydrogens (tertiary/aromatic N) is 3.